The van der Waals surface area contributed by atoms with E-state index in [2.05, 4.69) is 48.4 Å². The summed E-state index contributed by atoms with van der Waals surface area (Å²) in [5.74, 6) is 1.36. The van der Waals surface area contributed by atoms with Gasteiger partial charge in [-0.25, -0.2) is 4.79 Å². The first-order valence-electron chi connectivity index (χ1n) is 12.9. The topological polar surface area (TPSA) is 105 Å². The summed E-state index contributed by atoms with van der Waals surface area (Å²) in [7, 11) is 4.75. The van der Waals surface area contributed by atoms with Gasteiger partial charge in [-0.2, -0.15) is 0 Å². The van der Waals surface area contributed by atoms with Crippen molar-refractivity contribution in [1.82, 2.24) is 14.8 Å². The number of esters is 1. The van der Waals surface area contributed by atoms with Crippen LogP contribution in [0.4, 0.5) is 5.00 Å². The summed E-state index contributed by atoms with van der Waals surface area (Å²) in [6, 6.07) is 15.4. The monoisotopic (exact) mass is 594 g/mol. The first kappa shape index (κ1) is 30.1. The number of thioether (sulfide) groups is 1. The number of aromatic nitrogens is 3. The summed E-state index contributed by atoms with van der Waals surface area (Å²) in [5.41, 5.74) is 3.09. The lowest BCUT2D eigenvalue weighted by molar-refractivity contribution is -0.113. The van der Waals surface area contributed by atoms with Crippen molar-refractivity contribution in [1.29, 1.82) is 0 Å². The third kappa shape index (κ3) is 7.09. The average Bonchev–Trinajstić information content (AvgIpc) is 3.54. The van der Waals surface area contributed by atoms with E-state index in [1.54, 1.807) is 7.11 Å². The number of anilines is 1. The van der Waals surface area contributed by atoms with Gasteiger partial charge in [0.15, 0.2) is 17.1 Å². The number of benzene rings is 2. The van der Waals surface area contributed by atoms with Gasteiger partial charge in [-0.15, -0.1) is 21.5 Å². The maximum atomic E-state index is 12.9. The zero-order chi connectivity index (χ0) is 29.7. The van der Waals surface area contributed by atoms with Crippen LogP contribution in [0, 0.1) is 0 Å². The van der Waals surface area contributed by atoms with Gasteiger partial charge in [0, 0.05) is 18.0 Å². The number of nitrogens with one attached hydrogen (secondary N) is 1. The van der Waals surface area contributed by atoms with Gasteiger partial charge in [0.25, 0.3) is 0 Å². The number of nitrogens with zero attached hydrogens (tertiary/aromatic N) is 3. The van der Waals surface area contributed by atoms with E-state index in [1.807, 2.05) is 60.3 Å². The highest BCUT2D eigenvalue weighted by Gasteiger charge is 2.23. The number of hydrogen-bond donors (Lipinski definition) is 1. The van der Waals surface area contributed by atoms with Gasteiger partial charge >= 0.3 is 5.97 Å². The fourth-order valence-corrected chi connectivity index (χ4v) is 5.82. The molecular weight excluding hydrogens is 560 g/mol. The van der Waals surface area contributed by atoms with E-state index in [0.29, 0.717) is 32.9 Å². The van der Waals surface area contributed by atoms with Crippen LogP contribution in [0.1, 0.15) is 55.5 Å². The summed E-state index contributed by atoms with van der Waals surface area (Å²) < 4.78 is 18.2. The van der Waals surface area contributed by atoms with E-state index in [1.165, 1.54) is 35.8 Å². The second kappa shape index (κ2) is 12.8. The van der Waals surface area contributed by atoms with Crippen LogP contribution in [0.15, 0.2) is 59.1 Å². The Labute approximate surface area is 248 Å². The molecule has 4 rings (SSSR count). The molecule has 216 valence electrons. The molecule has 0 aliphatic rings. The van der Waals surface area contributed by atoms with Gasteiger partial charge in [-0.1, -0.05) is 56.8 Å². The lowest BCUT2D eigenvalue weighted by atomic mass is 9.87. The number of hydrogen-bond acceptors (Lipinski definition) is 9. The van der Waals surface area contributed by atoms with E-state index < -0.39 is 5.97 Å². The van der Waals surface area contributed by atoms with Crippen molar-refractivity contribution < 1.29 is 23.8 Å². The van der Waals surface area contributed by atoms with Crippen LogP contribution in [-0.2, 0) is 22.0 Å². The first-order valence-corrected chi connectivity index (χ1v) is 14.8. The molecule has 41 heavy (non-hydrogen) atoms. The highest BCUT2D eigenvalue weighted by molar-refractivity contribution is 7.99. The normalized spacial score (nSPS) is 12.1. The van der Waals surface area contributed by atoms with Crippen molar-refractivity contribution in [2.24, 2.45) is 7.05 Å². The Hall–Kier alpha value is -3.83. The van der Waals surface area contributed by atoms with Crippen LogP contribution in [0.5, 0.6) is 11.5 Å². The zero-order valence-corrected chi connectivity index (χ0v) is 25.8. The predicted octanol–water partition coefficient (Wildman–Crippen LogP) is 6.51. The Morgan fingerprint density at radius 3 is 2.29 bits per heavy atom. The lowest BCUT2D eigenvalue weighted by Gasteiger charge is -2.20. The molecule has 0 spiro atoms. The molecular formula is C30H34N4O5S2. The fraction of sp³-hybridized carbons (Fsp3) is 0.333. The Bertz CT molecular complexity index is 1510. The molecule has 0 fully saturated rings. The van der Waals surface area contributed by atoms with Crippen molar-refractivity contribution in [3.63, 3.8) is 0 Å². The summed E-state index contributed by atoms with van der Waals surface area (Å²) in [6.45, 7) is 8.42. The van der Waals surface area contributed by atoms with Gasteiger partial charge in [0.05, 0.1) is 20.0 Å². The van der Waals surface area contributed by atoms with Gasteiger partial charge < -0.3 is 24.1 Å². The summed E-state index contributed by atoms with van der Waals surface area (Å²) >= 11 is 2.51. The first-order chi connectivity index (χ1) is 19.5. The smallest absolute Gasteiger partial charge is 0.341 e. The van der Waals surface area contributed by atoms with Gasteiger partial charge in [0.1, 0.15) is 22.1 Å². The van der Waals surface area contributed by atoms with Crippen LogP contribution >= 0.6 is 23.1 Å². The Kier molecular flexibility index (Phi) is 9.39. The third-order valence-electron chi connectivity index (χ3n) is 6.43. The van der Waals surface area contributed by atoms with Crippen molar-refractivity contribution >= 4 is 40.0 Å². The zero-order valence-electron chi connectivity index (χ0n) is 24.2. The molecule has 11 heteroatoms. The van der Waals surface area contributed by atoms with Crippen LogP contribution in [0.25, 0.3) is 11.1 Å². The predicted molar refractivity (Wildman–Crippen MR) is 162 cm³/mol. The molecule has 0 radical (unpaired) electrons. The maximum Gasteiger partial charge on any atom is 0.341 e. The Balaban J connectivity index is 1.40. The van der Waals surface area contributed by atoms with Crippen LogP contribution in [0.3, 0.4) is 0 Å². The molecule has 2 heterocycles. The van der Waals surface area contributed by atoms with E-state index in [0.717, 1.165) is 11.3 Å². The minimum atomic E-state index is -0.528. The average molecular weight is 595 g/mol. The standard InChI is InChI=1S/C30H34N4O5S2/c1-18(39-22-14-10-20(11-15-22)30(2,3)4)26-32-33-29(34(26)5)41-17-24(35)31-27-25(28(36)38-7)23(16-40-27)19-8-12-21(37-6)13-9-19/h8-16,18H,17H2,1-7H3,(H,31,35). The highest BCUT2D eigenvalue weighted by atomic mass is 32.2. The van der Waals surface area contributed by atoms with E-state index in [-0.39, 0.29) is 23.2 Å². The van der Waals surface area contributed by atoms with Crippen molar-refractivity contribution in [3.8, 4) is 22.6 Å². The number of carbonyl (C=O) groups is 2. The molecule has 2 aromatic heterocycles. The minimum absolute atomic E-state index is 0.0648. The molecule has 0 saturated carbocycles. The third-order valence-corrected chi connectivity index (χ3v) is 8.35. The molecule has 0 aliphatic heterocycles. The van der Waals surface area contributed by atoms with Crippen LogP contribution < -0.4 is 14.8 Å². The van der Waals surface area contributed by atoms with Crippen molar-refractivity contribution in [2.45, 2.75) is 44.4 Å². The molecule has 4 aromatic rings. The number of rotatable bonds is 10. The van der Waals surface area contributed by atoms with Crippen molar-refractivity contribution in [2.75, 3.05) is 25.3 Å². The highest BCUT2D eigenvalue weighted by Crippen LogP contribution is 2.37. The Morgan fingerprint density at radius 2 is 1.68 bits per heavy atom. The van der Waals surface area contributed by atoms with Gasteiger partial charge in [0.2, 0.25) is 5.91 Å². The van der Waals surface area contributed by atoms with E-state index in [4.69, 9.17) is 14.2 Å². The lowest BCUT2D eigenvalue weighted by Crippen LogP contribution is -2.16. The second-order valence-corrected chi connectivity index (χ2v) is 12.2. The summed E-state index contributed by atoms with van der Waals surface area (Å²) in [5, 5.41) is 14.2. The van der Waals surface area contributed by atoms with E-state index >= 15 is 0 Å². The maximum absolute atomic E-state index is 12.9. The largest absolute Gasteiger partial charge is 0.497 e. The van der Waals surface area contributed by atoms with E-state index in [9.17, 15) is 9.59 Å². The minimum Gasteiger partial charge on any atom is -0.497 e. The number of ether oxygens (including phenoxy) is 3. The fourth-order valence-electron chi connectivity index (χ4n) is 4.13. The molecule has 1 atom stereocenters. The molecule has 1 unspecified atom stereocenters. The molecule has 0 aliphatic carbocycles. The summed E-state index contributed by atoms with van der Waals surface area (Å²) in [4.78, 5) is 25.5. The SMILES string of the molecule is COC(=O)c1c(-c2ccc(OC)cc2)csc1NC(=O)CSc1nnc(C(C)Oc2ccc(C(C)(C)C)cc2)n1C. The molecule has 9 nitrogen and oxygen atoms in total. The van der Waals surface area contributed by atoms with Crippen LogP contribution in [-0.4, -0.2) is 46.6 Å². The molecule has 2 aromatic carbocycles. The molecule has 1 amide bonds. The molecule has 0 saturated heterocycles. The van der Waals surface area contributed by atoms with Crippen molar-refractivity contribution in [3.05, 3.63) is 70.9 Å². The van der Waals surface area contributed by atoms with Gasteiger partial charge in [-0.3, -0.25) is 4.79 Å². The molecule has 0 bridgehead atoms. The Morgan fingerprint density at radius 1 is 1.02 bits per heavy atom. The molecule has 1 N–H and O–H groups in total. The number of amides is 1. The second-order valence-electron chi connectivity index (χ2n) is 10.3. The summed E-state index contributed by atoms with van der Waals surface area (Å²) in [6.07, 6.45) is -0.346. The quantitative estimate of drug-likeness (QED) is 0.164. The number of methoxy groups -OCH3 is 2. The van der Waals surface area contributed by atoms with Gasteiger partial charge in [-0.05, 0) is 47.7 Å². The number of carbonyl (C=O) groups excluding carboxylic acids is 2. The number of thiophene rings is 1. The van der Waals surface area contributed by atoms with Crippen LogP contribution in [0.2, 0.25) is 0 Å².